The molecule has 1 aliphatic heterocycles. The van der Waals surface area contributed by atoms with E-state index in [2.05, 4.69) is 63.6 Å². The lowest BCUT2D eigenvalue weighted by Crippen LogP contribution is -2.46. The molecule has 23 heavy (non-hydrogen) atoms. The SMILES string of the molecule is CN1CCN(Cc2cccc3nonc23)C[C@@H]1c1ccccc1. The van der Waals surface area contributed by atoms with E-state index in [1.165, 1.54) is 11.1 Å². The van der Waals surface area contributed by atoms with Crippen LogP contribution in [0.1, 0.15) is 17.2 Å². The third kappa shape index (κ3) is 2.85. The molecule has 0 unspecified atom stereocenters. The fourth-order valence-corrected chi connectivity index (χ4v) is 3.34. The van der Waals surface area contributed by atoms with Crippen molar-refractivity contribution >= 4 is 11.0 Å². The van der Waals surface area contributed by atoms with Gasteiger partial charge in [-0.1, -0.05) is 42.5 Å². The molecule has 1 aromatic heterocycles. The molecule has 0 N–H and O–H groups in total. The second-order valence-corrected chi connectivity index (χ2v) is 6.19. The molecular formula is C18H20N4O. The highest BCUT2D eigenvalue weighted by Crippen LogP contribution is 2.25. The van der Waals surface area contributed by atoms with Crippen LogP contribution < -0.4 is 0 Å². The van der Waals surface area contributed by atoms with Gasteiger partial charge in [0.1, 0.15) is 11.0 Å². The number of likely N-dealkylation sites (N-methyl/N-ethyl adjacent to an activating group) is 1. The maximum absolute atomic E-state index is 4.88. The molecule has 0 radical (unpaired) electrons. The highest BCUT2D eigenvalue weighted by Gasteiger charge is 2.26. The fraction of sp³-hybridized carbons (Fsp3) is 0.333. The maximum atomic E-state index is 4.88. The number of benzene rings is 2. The van der Waals surface area contributed by atoms with Crippen molar-refractivity contribution in [1.82, 2.24) is 20.1 Å². The molecule has 3 aromatic rings. The van der Waals surface area contributed by atoms with Crippen molar-refractivity contribution in [3.63, 3.8) is 0 Å². The van der Waals surface area contributed by atoms with E-state index in [9.17, 15) is 0 Å². The Balaban J connectivity index is 1.55. The first-order valence-electron chi connectivity index (χ1n) is 7.99. The van der Waals surface area contributed by atoms with Gasteiger partial charge in [0.05, 0.1) is 0 Å². The molecule has 5 nitrogen and oxygen atoms in total. The summed E-state index contributed by atoms with van der Waals surface area (Å²) in [5.74, 6) is 0. The number of rotatable bonds is 3. The van der Waals surface area contributed by atoms with E-state index in [0.29, 0.717) is 6.04 Å². The van der Waals surface area contributed by atoms with Crippen LogP contribution in [0.4, 0.5) is 0 Å². The first-order chi connectivity index (χ1) is 11.3. The zero-order chi connectivity index (χ0) is 15.6. The van der Waals surface area contributed by atoms with E-state index < -0.39 is 0 Å². The Labute approximate surface area is 135 Å². The van der Waals surface area contributed by atoms with E-state index in [1.54, 1.807) is 0 Å². The Morgan fingerprint density at radius 1 is 1.04 bits per heavy atom. The summed E-state index contributed by atoms with van der Waals surface area (Å²) in [5.41, 5.74) is 4.26. The van der Waals surface area contributed by atoms with Crippen molar-refractivity contribution < 1.29 is 4.63 Å². The normalized spacial score (nSPS) is 20.1. The molecule has 1 aliphatic rings. The molecule has 2 heterocycles. The molecule has 0 spiro atoms. The van der Waals surface area contributed by atoms with Gasteiger partial charge in [-0.25, -0.2) is 4.63 Å². The summed E-state index contributed by atoms with van der Waals surface area (Å²) in [5, 5.41) is 7.99. The zero-order valence-electron chi connectivity index (χ0n) is 13.2. The zero-order valence-corrected chi connectivity index (χ0v) is 13.2. The first kappa shape index (κ1) is 14.4. The second-order valence-electron chi connectivity index (χ2n) is 6.19. The Morgan fingerprint density at radius 3 is 2.78 bits per heavy atom. The van der Waals surface area contributed by atoms with Gasteiger partial charge in [-0.3, -0.25) is 9.80 Å². The number of aromatic nitrogens is 2. The molecule has 2 aromatic carbocycles. The summed E-state index contributed by atoms with van der Waals surface area (Å²) in [6.45, 7) is 4.01. The minimum Gasteiger partial charge on any atom is -0.297 e. The molecule has 0 saturated carbocycles. The van der Waals surface area contributed by atoms with E-state index in [1.807, 2.05) is 12.1 Å². The van der Waals surface area contributed by atoms with Crippen LogP contribution in [0.2, 0.25) is 0 Å². The van der Waals surface area contributed by atoms with Crippen molar-refractivity contribution in [2.75, 3.05) is 26.7 Å². The van der Waals surface area contributed by atoms with Crippen molar-refractivity contribution in [2.24, 2.45) is 0 Å². The molecule has 1 atom stereocenters. The lowest BCUT2D eigenvalue weighted by atomic mass is 10.0. The summed E-state index contributed by atoms with van der Waals surface area (Å²) >= 11 is 0. The van der Waals surface area contributed by atoms with E-state index in [0.717, 1.165) is 37.2 Å². The van der Waals surface area contributed by atoms with Crippen LogP contribution in [-0.2, 0) is 6.54 Å². The maximum Gasteiger partial charge on any atom is 0.139 e. The number of hydrogen-bond acceptors (Lipinski definition) is 5. The van der Waals surface area contributed by atoms with Gasteiger partial charge >= 0.3 is 0 Å². The summed E-state index contributed by atoms with van der Waals surface area (Å²) < 4.78 is 4.88. The van der Waals surface area contributed by atoms with Crippen LogP contribution >= 0.6 is 0 Å². The van der Waals surface area contributed by atoms with Gasteiger partial charge in [0, 0.05) is 32.2 Å². The van der Waals surface area contributed by atoms with E-state index in [4.69, 9.17) is 4.63 Å². The first-order valence-corrected chi connectivity index (χ1v) is 7.99. The highest BCUT2D eigenvalue weighted by atomic mass is 16.6. The molecule has 118 valence electrons. The Morgan fingerprint density at radius 2 is 1.91 bits per heavy atom. The molecule has 0 bridgehead atoms. The van der Waals surface area contributed by atoms with Gasteiger partial charge in [-0.05, 0) is 34.6 Å². The Kier molecular flexibility index (Phi) is 3.81. The molecule has 0 aliphatic carbocycles. The number of nitrogens with zero attached hydrogens (tertiary/aromatic N) is 4. The summed E-state index contributed by atoms with van der Waals surface area (Å²) in [4.78, 5) is 4.92. The van der Waals surface area contributed by atoms with Crippen molar-refractivity contribution in [2.45, 2.75) is 12.6 Å². The smallest absolute Gasteiger partial charge is 0.139 e. The van der Waals surface area contributed by atoms with Crippen LogP contribution in [0, 0.1) is 0 Å². The largest absolute Gasteiger partial charge is 0.297 e. The van der Waals surface area contributed by atoms with Gasteiger partial charge in [0.25, 0.3) is 0 Å². The average molecular weight is 308 g/mol. The van der Waals surface area contributed by atoms with Crippen LogP contribution in [-0.4, -0.2) is 46.8 Å². The number of fused-ring (bicyclic) bond motifs is 1. The van der Waals surface area contributed by atoms with Gasteiger partial charge in [0.2, 0.25) is 0 Å². The average Bonchev–Trinajstić information content (AvgIpc) is 3.07. The van der Waals surface area contributed by atoms with Crippen LogP contribution in [0.15, 0.2) is 53.2 Å². The van der Waals surface area contributed by atoms with Crippen LogP contribution in [0.5, 0.6) is 0 Å². The molecule has 1 saturated heterocycles. The van der Waals surface area contributed by atoms with Gasteiger partial charge in [-0.2, -0.15) is 0 Å². The third-order valence-corrected chi connectivity index (χ3v) is 4.68. The quantitative estimate of drug-likeness (QED) is 0.744. The van der Waals surface area contributed by atoms with E-state index in [-0.39, 0.29) is 0 Å². The molecule has 5 heteroatoms. The van der Waals surface area contributed by atoms with Crippen molar-refractivity contribution in [3.05, 3.63) is 59.7 Å². The summed E-state index contributed by atoms with van der Waals surface area (Å²) in [7, 11) is 2.21. The fourth-order valence-electron chi connectivity index (χ4n) is 3.34. The van der Waals surface area contributed by atoms with Crippen LogP contribution in [0.25, 0.3) is 11.0 Å². The highest BCUT2D eigenvalue weighted by molar-refractivity contribution is 5.76. The van der Waals surface area contributed by atoms with Crippen molar-refractivity contribution in [3.8, 4) is 0 Å². The predicted molar refractivity (Wildman–Crippen MR) is 88.9 cm³/mol. The standard InChI is InChI=1S/C18H20N4O/c1-21-10-11-22(13-17(21)14-6-3-2-4-7-14)12-15-8-5-9-16-18(15)20-23-19-16/h2-9,17H,10-13H2,1H3/t17-/m1/s1. The lowest BCUT2D eigenvalue weighted by molar-refractivity contribution is 0.0907. The van der Waals surface area contributed by atoms with Crippen molar-refractivity contribution in [1.29, 1.82) is 0 Å². The van der Waals surface area contributed by atoms with Gasteiger partial charge < -0.3 is 0 Å². The summed E-state index contributed by atoms with van der Waals surface area (Å²) in [6, 6.07) is 17.2. The topological polar surface area (TPSA) is 45.4 Å². The summed E-state index contributed by atoms with van der Waals surface area (Å²) in [6.07, 6.45) is 0. The monoisotopic (exact) mass is 308 g/mol. The third-order valence-electron chi connectivity index (χ3n) is 4.68. The van der Waals surface area contributed by atoms with Gasteiger partial charge in [-0.15, -0.1) is 0 Å². The lowest BCUT2D eigenvalue weighted by Gasteiger charge is -2.39. The minimum absolute atomic E-state index is 0.430. The Bertz CT molecular complexity index is 786. The minimum atomic E-state index is 0.430. The predicted octanol–water partition coefficient (Wildman–Crippen LogP) is 2.71. The molecular weight excluding hydrogens is 288 g/mol. The van der Waals surface area contributed by atoms with Crippen LogP contribution in [0.3, 0.4) is 0 Å². The molecule has 1 fully saturated rings. The second kappa shape index (κ2) is 6.10. The number of piperazine rings is 1. The Hall–Kier alpha value is -2.24. The van der Waals surface area contributed by atoms with Gasteiger partial charge in [0.15, 0.2) is 0 Å². The molecule has 0 amide bonds. The molecule has 4 rings (SSSR count). The van der Waals surface area contributed by atoms with E-state index >= 15 is 0 Å². The number of hydrogen-bond donors (Lipinski definition) is 0.